The lowest BCUT2D eigenvalue weighted by atomic mass is 10.2. The van der Waals surface area contributed by atoms with Crippen molar-refractivity contribution in [2.75, 3.05) is 5.32 Å². The van der Waals surface area contributed by atoms with E-state index >= 15 is 0 Å². The van der Waals surface area contributed by atoms with Crippen molar-refractivity contribution in [2.45, 2.75) is 12.8 Å². The smallest absolute Gasteiger partial charge is 0.327 e. The Hall–Kier alpha value is -3.75. The summed E-state index contributed by atoms with van der Waals surface area (Å²) in [5, 5.41) is 8.95. The number of carbonyl (C=O) groups excluding carboxylic acids is 2. The fourth-order valence-electron chi connectivity index (χ4n) is 2.54. The maximum absolute atomic E-state index is 11.8. The minimum absolute atomic E-state index is 0.0357. The van der Waals surface area contributed by atoms with Gasteiger partial charge in [0, 0.05) is 37.0 Å². The van der Waals surface area contributed by atoms with Crippen LogP contribution in [-0.4, -0.2) is 31.7 Å². The third kappa shape index (κ3) is 4.32. The monoisotopic (exact) mass is 378 g/mol. The number of rotatable bonds is 5. The van der Waals surface area contributed by atoms with Crippen molar-refractivity contribution in [1.82, 2.24) is 25.1 Å². The summed E-state index contributed by atoms with van der Waals surface area (Å²) in [6.07, 6.45) is 8.41. The normalized spacial score (nSPS) is 13.0. The zero-order valence-electron chi connectivity index (χ0n) is 15.1. The number of amides is 3. The number of aromatic nitrogens is 4. The molecule has 28 heavy (non-hydrogen) atoms. The van der Waals surface area contributed by atoms with E-state index in [1.54, 1.807) is 41.3 Å². The molecule has 1 aliphatic rings. The van der Waals surface area contributed by atoms with E-state index in [4.69, 9.17) is 4.74 Å². The van der Waals surface area contributed by atoms with Gasteiger partial charge in [-0.2, -0.15) is 5.10 Å². The first kappa shape index (κ1) is 17.7. The van der Waals surface area contributed by atoms with E-state index in [0.717, 1.165) is 24.1 Å². The van der Waals surface area contributed by atoms with Gasteiger partial charge in [0.25, 0.3) is 0 Å². The molecule has 3 amide bonds. The summed E-state index contributed by atoms with van der Waals surface area (Å²) in [6.45, 7) is 0. The highest BCUT2D eigenvalue weighted by Crippen LogP contribution is 2.29. The van der Waals surface area contributed by atoms with E-state index in [-0.39, 0.29) is 11.8 Å². The van der Waals surface area contributed by atoms with E-state index in [0.29, 0.717) is 17.3 Å². The van der Waals surface area contributed by atoms with Crippen molar-refractivity contribution >= 4 is 17.8 Å². The van der Waals surface area contributed by atoms with Crippen LogP contribution in [-0.2, 0) is 11.8 Å². The van der Waals surface area contributed by atoms with Gasteiger partial charge in [0.1, 0.15) is 17.3 Å². The Morgan fingerprint density at radius 2 is 2.00 bits per heavy atom. The lowest BCUT2D eigenvalue weighted by Crippen LogP contribution is -2.35. The van der Waals surface area contributed by atoms with Crippen LogP contribution >= 0.6 is 0 Å². The second-order valence-corrected chi connectivity index (χ2v) is 6.48. The fraction of sp³-hybridized carbons (Fsp3) is 0.211. The molecule has 1 aliphatic carbocycles. The summed E-state index contributed by atoms with van der Waals surface area (Å²) < 4.78 is 7.50. The van der Waals surface area contributed by atoms with Crippen LogP contribution in [0.4, 0.5) is 10.6 Å². The summed E-state index contributed by atoms with van der Waals surface area (Å²) in [6, 6.07) is 6.23. The molecule has 3 heterocycles. The van der Waals surface area contributed by atoms with E-state index in [2.05, 4.69) is 25.7 Å². The molecule has 0 aliphatic heterocycles. The van der Waals surface area contributed by atoms with Gasteiger partial charge in [0.05, 0.1) is 18.1 Å². The Morgan fingerprint density at radius 1 is 1.14 bits per heavy atom. The predicted molar refractivity (Wildman–Crippen MR) is 101 cm³/mol. The number of hydrogen-bond acceptors (Lipinski definition) is 6. The van der Waals surface area contributed by atoms with E-state index < -0.39 is 6.03 Å². The number of ether oxygens (including phenoxy) is 1. The number of nitrogens with zero attached hydrogens (tertiary/aromatic N) is 4. The van der Waals surface area contributed by atoms with E-state index in [1.165, 1.54) is 6.20 Å². The summed E-state index contributed by atoms with van der Waals surface area (Å²) in [4.78, 5) is 31.8. The van der Waals surface area contributed by atoms with Crippen LogP contribution in [0.25, 0.3) is 11.3 Å². The van der Waals surface area contributed by atoms with Crippen molar-refractivity contribution in [2.24, 2.45) is 13.0 Å². The fourth-order valence-corrected chi connectivity index (χ4v) is 2.54. The summed E-state index contributed by atoms with van der Waals surface area (Å²) in [7, 11) is 1.84. The molecule has 9 nitrogen and oxygen atoms in total. The zero-order valence-corrected chi connectivity index (χ0v) is 15.1. The molecular weight excluding hydrogens is 360 g/mol. The number of anilines is 1. The van der Waals surface area contributed by atoms with Crippen molar-refractivity contribution in [3.63, 3.8) is 0 Å². The quantitative estimate of drug-likeness (QED) is 0.706. The van der Waals surface area contributed by atoms with Crippen molar-refractivity contribution in [3.05, 3.63) is 49.1 Å². The number of carbonyl (C=O) groups is 2. The second kappa shape index (κ2) is 7.47. The standard InChI is InChI=1S/C19H18N6O3/c1-25-11-13(9-22-25)16-8-14(6-7-20-16)28-15-4-5-17(21-10-15)23-19(27)24-18(26)12-2-3-12/h4-12H,2-3H2,1H3,(H2,21,23,24,26,27). The molecule has 1 saturated carbocycles. The summed E-state index contributed by atoms with van der Waals surface area (Å²) in [5.74, 6) is 1.14. The van der Waals surface area contributed by atoms with Gasteiger partial charge in [0.2, 0.25) is 5.91 Å². The van der Waals surface area contributed by atoms with Crippen molar-refractivity contribution in [3.8, 4) is 22.8 Å². The molecule has 0 aromatic carbocycles. The van der Waals surface area contributed by atoms with Gasteiger partial charge in [-0.3, -0.25) is 25.1 Å². The molecular formula is C19H18N6O3. The van der Waals surface area contributed by atoms with Gasteiger partial charge in [-0.15, -0.1) is 0 Å². The molecule has 3 aromatic rings. The van der Waals surface area contributed by atoms with Crippen LogP contribution in [0, 0.1) is 5.92 Å². The second-order valence-electron chi connectivity index (χ2n) is 6.48. The molecule has 0 spiro atoms. The average molecular weight is 378 g/mol. The zero-order chi connectivity index (χ0) is 19.5. The highest BCUT2D eigenvalue weighted by Gasteiger charge is 2.30. The topological polar surface area (TPSA) is 111 Å². The molecule has 4 rings (SSSR count). The number of pyridine rings is 2. The molecule has 2 N–H and O–H groups in total. The first-order valence-electron chi connectivity index (χ1n) is 8.77. The van der Waals surface area contributed by atoms with Crippen LogP contribution in [0.15, 0.2) is 49.1 Å². The Kier molecular flexibility index (Phi) is 4.71. The maximum atomic E-state index is 11.8. The number of imide groups is 1. The highest BCUT2D eigenvalue weighted by molar-refractivity contribution is 6.02. The summed E-state index contributed by atoms with van der Waals surface area (Å²) in [5.41, 5.74) is 1.63. The Morgan fingerprint density at radius 3 is 2.68 bits per heavy atom. The average Bonchev–Trinajstić information content (AvgIpc) is 3.45. The minimum atomic E-state index is -0.590. The molecule has 1 fully saturated rings. The van der Waals surface area contributed by atoms with Gasteiger partial charge >= 0.3 is 6.03 Å². The lowest BCUT2D eigenvalue weighted by Gasteiger charge is -2.08. The Labute approximate surface area is 160 Å². The number of nitrogens with one attached hydrogen (secondary N) is 2. The molecule has 0 saturated heterocycles. The van der Waals surface area contributed by atoms with Gasteiger partial charge in [-0.25, -0.2) is 9.78 Å². The van der Waals surface area contributed by atoms with Crippen LogP contribution in [0.3, 0.4) is 0 Å². The van der Waals surface area contributed by atoms with Crippen LogP contribution in [0.1, 0.15) is 12.8 Å². The minimum Gasteiger partial charge on any atom is -0.456 e. The molecule has 3 aromatic heterocycles. The van der Waals surface area contributed by atoms with Gasteiger partial charge in [0.15, 0.2) is 0 Å². The molecule has 9 heteroatoms. The largest absolute Gasteiger partial charge is 0.456 e. The first-order chi connectivity index (χ1) is 13.6. The van der Waals surface area contributed by atoms with Crippen molar-refractivity contribution in [1.29, 1.82) is 0 Å². The van der Waals surface area contributed by atoms with E-state index in [1.807, 2.05) is 13.2 Å². The SMILES string of the molecule is Cn1cc(-c2cc(Oc3ccc(NC(=O)NC(=O)C4CC4)nc3)ccn2)cn1. The van der Waals surface area contributed by atoms with Crippen LogP contribution in [0.2, 0.25) is 0 Å². The predicted octanol–water partition coefficient (Wildman–Crippen LogP) is 2.73. The molecule has 0 bridgehead atoms. The molecule has 0 radical (unpaired) electrons. The van der Waals surface area contributed by atoms with Gasteiger partial charge in [-0.05, 0) is 31.0 Å². The highest BCUT2D eigenvalue weighted by atomic mass is 16.5. The lowest BCUT2D eigenvalue weighted by molar-refractivity contribution is -0.121. The van der Waals surface area contributed by atoms with Crippen molar-refractivity contribution < 1.29 is 14.3 Å². The third-order valence-electron chi connectivity index (χ3n) is 4.13. The summed E-state index contributed by atoms with van der Waals surface area (Å²) >= 11 is 0. The number of aryl methyl sites for hydroxylation is 1. The molecule has 0 atom stereocenters. The number of urea groups is 1. The molecule has 142 valence electrons. The van der Waals surface area contributed by atoms with Gasteiger partial charge < -0.3 is 4.74 Å². The van der Waals surface area contributed by atoms with Gasteiger partial charge in [-0.1, -0.05) is 0 Å². The number of hydrogen-bond donors (Lipinski definition) is 2. The maximum Gasteiger partial charge on any atom is 0.327 e. The van der Waals surface area contributed by atoms with E-state index in [9.17, 15) is 9.59 Å². The Balaban J connectivity index is 1.38. The molecule has 0 unspecified atom stereocenters. The van der Waals surface area contributed by atoms with Crippen LogP contribution < -0.4 is 15.4 Å². The van der Waals surface area contributed by atoms with Crippen LogP contribution in [0.5, 0.6) is 11.5 Å². The third-order valence-corrected chi connectivity index (χ3v) is 4.13. The Bertz CT molecular complexity index is 1010. The first-order valence-corrected chi connectivity index (χ1v) is 8.77.